The van der Waals surface area contributed by atoms with Crippen molar-refractivity contribution >= 4 is 24.0 Å². The van der Waals surface area contributed by atoms with Gasteiger partial charge >= 0.3 is 6.03 Å². The number of aromatic nitrogens is 2. The van der Waals surface area contributed by atoms with Gasteiger partial charge in [0.15, 0.2) is 0 Å². The maximum absolute atomic E-state index is 12.0. The molecule has 0 saturated heterocycles. The number of carbonyl (C=O) groups is 2. The average molecular weight is 325 g/mol. The van der Waals surface area contributed by atoms with Gasteiger partial charge in [-0.2, -0.15) is 5.26 Å². The average Bonchev–Trinajstić information content (AvgIpc) is 2.54. The minimum absolute atomic E-state index is 0.128. The van der Waals surface area contributed by atoms with Crippen LogP contribution in [0.15, 0.2) is 30.6 Å². The summed E-state index contributed by atoms with van der Waals surface area (Å²) >= 11 is 0. The van der Waals surface area contributed by atoms with Crippen LogP contribution in [0, 0.1) is 11.3 Å². The predicted octanol–water partition coefficient (Wildman–Crippen LogP) is 2.59. The Morgan fingerprint density at radius 3 is 2.62 bits per heavy atom. The molecule has 0 unspecified atom stereocenters. The standard InChI is InChI=1S/C16H15N5O3/c1-10(2)24-13-6-15(19-8-12(13)7-17)21-16(23)20-14-5-11(9-22)3-4-18-14/h3-6,8-10H,1-2H3,(H2,18,19,20,21,23). The second-order valence-corrected chi connectivity index (χ2v) is 5.02. The number of ether oxygens (including phenoxy) is 1. The minimum atomic E-state index is -0.585. The van der Waals surface area contributed by atoms with Gasteiger partial charge in [0.25, 0.3) is 0 Å². The number of aldehydes is 1. The van der Waals surface area contributed by atoms with E-state index in [1.54, 1.807) is 0 Å². The molecule has 2 heterocycles. The fraction of sp³-hybridized carbons (Fsp3) is 0.188. The highest BCUT2D eigenvalue weighted by Crippen LogP contribution is 2.21. The van der Waals surface area contributed by atoms with Gasteiger partial charge in [-0.3, -0.25) is 15.4 Å². The zero-order valence-electron chi connectivity index (χ0n) is 13.1. The fourth-order valence-corrected chi connectivity index (χ4v) is 1.79. The van der Waals surface area contributed by atoms with Crippen LogP contribution in [0.3, 0.4) is 0 Å². The van der Waals surface area contributed by atoms with E-state index >= 15 is 0 Å². The summed E-state index contributed by atoms with van der Waals surface area (Å²) in [5, 5.41) is 14.0. The Morgan fingerprint density at radius 1 is 1.29 bits per heavy atom. The lowest BCUT2D eigenvalue weighted by Gasteiger charge is -2.12. The van der Waals surface area contributed by atoms with Crippen molar-refractivity contribution in [1.29, 1.82) is 5.26 Å². The lowest BCUT2D eigenvalue weighted by Crippen LogP contribution is -2.21. The number of anilines is 2. The molecule has 0 aromatic carbocycles. The van der Waals surface area contributed by atoms with Crippen molar-refractivity contribution in [3.05, 3.63) is 41.7 Å². The molecule has 2 aromatic rings. The summed E-state index contributed by atoms with van der Waals surface area (Å²) in [5.41, 5.74) is 0.666. The molecule has 24 heavy (non-hydrogen) atoms. The van der Waals surface area contributed by atoms with Crippen molar-refractivity contribution in [3.63, 3.8) is 0 Å². The molecule has 2 aromatic heterocycles. The van der Waals surface area contributed by atoms with E-state index in [0.29, 0.717) is 17.6 Å². The summed E-state index contributed by atoms with van der Waals surface area (Å²) in [6.45, 7) is 3.65. The van der Waals surface area contributed by atoms with Crippen molar-refractivity contribution < 1.29 is 14.3 Å². The molecule has 8 heteroatoms. The van der Waals surface area contributed by atoms with E-state index in [2.05, 4.69) is 20.6 Å². The highest BCUT2D eigenvalue weighted by Gasteiger charge is 2.11. The zero-order valence-corrected chi connectivity index (χ0v) is 13.1. The molecule has 0 spiro atoms. The number of nitrogens with one attached hydrogen (secondary N) is 2. The zero-order chi connectivity index (χ0) is 17.5. The first-order valence-corrected chi connectivity index (χ1v) is 7.08. The minimum Gasteiger partial charge on any atom is -0.489 e. The van der Waals surface area contributed by atoms with Gasteiger partial charge in [-0.25, -0.2) is 14.8 Å². The summed E-state index contributed by atoms with van der Waals surface area (Å²) in [5.74, 6) is 0.775. The number of urea groups is 1. The monoisotopic (exact) mass is 325 g/mol. The van der Waals surface area contributed by atoms with Crippen LogP contribution < -0.4 is 15.4 Å². The van der Waals surface area contributed by atoms with Crippen LogP contribution in [0.5, 0.6) is 5.75 Å². The van der Waals surface area contributed by atoms with Gasteiger partial charge < -0.3 is 4.74 Å². The number of pyridine rings is 2. The third-order valence-electron chi connectivity index (χ3n) is 2.75. The number of hydrogen-bond acceptors (Lipinski definition) is 6. The maximum atomic E-state index is 12.0. The molecule has 0 fully saturated rings. The second kappa shape index (κ2) is 7.69. The Balaban J connectivity index is 2.11. The quantitative estimate of drug-likeness (QED) is 0.816. The molecule has 0 saturated carbocycles. The Hall–Kier alpha value is -3.47. The highest BCUT2D eigenvalue weighted by atomic mass is 16.5. The van der Waals surface area contributed by atoms with Crippen molar-refractivity contribution in [3.8, 4) is 11.8 Å². The number of nitrogens with zero attached hydrogens (tertiary/aromatic N) is 3. The first-order chi connectivity index (χ1) is 11.5. The van der Waals surface area contributed by atoms with Crippen LogP contribution in [0.25, 0.3) is 0 Å². The van der Waals surface area contributed by atoms with Crippen LogP contribution in [-0.4, -0.2) is 28.4 Å². The molecule has 0 atom stereocenters. The maximum Gasteiger partial charge on any atom is 0.326 e. The van der Waals surface area contributed by atoms with E-state index in [1.807, 2.05) is 19.9 Å². The summed E-state index contributed by atoms with van der Waals surface area (Å²) in [7, 11) is 0. The number of nitriles is 1. The normalized spacial score (nSPS) is 9.92. The lowest BCUT2D eigenvalue weighted by molar-refractivity contribution is 0.112. The Morgan fingerprint density at radius 2 is 2.00 bits per heavy atom. The van der Waals surface area contributed by atoms with E-state index in [4.69, 9.17) is 10.00 Å². The first kappa shape index (κ1) is 16.9. The topological polar surface area (TPSA) is 117 Å². The number of amides is 2. The van der Waals surface area contributed by atoms with Gasteiger partial charge in [-0.1, -0.05) is 0 Å². The van der Waals surface area contributed by atoms with Gasteiger partial charge in [0.1, 0.15) is 35.3 Å². The SMILES string of the molecule is CC(C)Oc1cc(NC(=O)Nc2cc(C=O)ccn2)ncc1C#N. The van der Waals surface area contributed by atoms with E-state index in [0.717, 1.165) is 0 Å². The second-order valence-electron chi connectivity index (χ2n) is 5.02. The summed E-state index contributed by atoms with van der Waals surface area (Å²) < 4.78 is 5.52. The van der Waals surface area contributed by atoms with E-state index in [9.17, 15) is 9.59 Å². The van der Waals surface area contributed by atoms with E-state index < -0.39 is 6.03 Å². The van der Waals surface area contributed by atoms with E-state index in [-0.39, 0.29) is 23.3 Å². The van der Waals surface area contributed by atoms with Gasteiger partial charge in [-0.05, 0) is 26.0 Å². The van der Waals surface area contributed by atoms with Crippen molar-refractivity contribution in [2.45, 2.75) is 20.0 Å². The first-order valence-electron chi connectivity index (χ1n) is 7.08. The Labute approximate surface area is 138 Å². The lowest BCUT2D eigenvalue weighted by atomic mass is 10.2. The molecule has 0 aliphatic heterocycles. The molecule has 8 nitrogen and oxygen atoms in total. The molecule has 122 valence electrons. The smallest absolute Gasteiger partial charge is 0.326 e. The van der Waals surface area contributed by atoms with Crippen molar-refractivity contribution in [1.82, 2.24) is 9.97 Å². The summed E-state index contributed by atoms with van der Waals surface area (Å²) in [6, 6.07) is 5.81. The Kier molecular flexibility index (Phi) is 5.41. The van der Waals surface area contributed by atoms with Crippen LogP contribution in [0.2, 0.25) is 0 Å². The molecule has 2 N–H and O–H groups in total. The van der Waals surface area contributed by atoms with Crippen LogP contribution >= 0.6 is 0 Å². The van der Waals surface area contributed by atoms with Crippen LogP contribution in [0.4, 0.5) is 16.4 Å². The van der Waals surface area contributed by atoms with Crippen LogP contribution in [-0.2, 0) is 0 Å². The van der Waals surface area contributed by atoms with Gasteiger partial charge in [-0.15, -0.1) is 0 Å². The molecular formula is C16H15N5O3. The molecule has 0 radical (unpaired) electrons. The fourth-order valence-electron chi connectivity index (χ4n) is 1.79. The predicted molar refractivity (Wildman–Crippen MR) is 87.0 cm³/mol. The summed E-state index contributed by atoms with van der Waals surface area (Å²) in [6.07, 6.45) is 3.26. The Bertz CT molecular complexity index is 799. The number of carbonyl (C=O) groups excluding carboxylic acids is 2. The van der Waals surface area contributed by atoms with E-state index in [1.165, 1.54) is 30.6 Å². The molecule has 0 aliphatic carbocycles. The molecule has 0 aliphatic rings. The van der Waals surface area contributed by atoms with Crippen molar-refractivity contribution in [2.75, 3.05) is 10.6 Å². The van der Waals surface area contributed by atoms with Gasteiger partial charge in [0.05, 0.1) is 12.3 Å². The molecule has 2 amide bonds. The number of hydrogen-bond donors (Lipinski definition) is 2. The molecule has 0 bridgehead atoms. The largest absolute Gasteiger partial charge is 0.489 e. The molecular weight excluding hydrogens is 310 g/mol. The van der Waals surface area contributed by atoms with Crippen LogP contribution in [0.1, 0.15) is 29.8 Å². The third kappa shape index (κ3) is 4.51. The third-order valence-corrected chi connectivity index (χ3v) is 2.75. The summed E-state index contributed by atoms with van der Waals surface area (Å²) in [4.78, 5) is 30.6. The van der Waals surface area contributed by atoms with Gasteiger partial charge in [0, 0.05) is 17.8 Å². The van der Waals surface area contributed by atoms with Crippen molar-refractivity contribution in [2.24, 2.45) is 0 Å². The number of rotatable bonds is 5. The molecule has 2 rings (SSSR count). The van der Waals surface area contributed by atoms with Gasteiger partial charge in [0.2, 0.25) is 0 Å². The highest BCUT2D eigenvalue weighted by molar-refractivity contribution is 5.99.